The zero-order valence-electron chi connectivity index (χ0n) is 11.2. The monoisotopic (exact) mass is 250 g/mol. The van der Waals surface area contributed by atoms with E-state index in [2.05, 4.69) is 19.9 Å². The Bertz CT molecular complexity index is 374. The second-order valence-corrected chi connectivity index (χ2v) is 4.55. The van der Waals surface area contributed by atoms with Crippen LogP contribution in [0.5, 0.6) is 5.75 Å². The zero-order valence-corrected chi connectivity index (χ0v) is 11.2. The highest BCUT2D eigenvalue weighted by atomic mass is 16.5. The fourth-order valence-electron chi connectivity index (χ4n) is 1.80. The van der Waals surface area contributed by atoms with Gasteiger partial charge in [-0.25, -0.2) is 0 Å². The molecule has 1 aromatic carbocycles. The van der Waals surface area contributed by atoms with Crippen LogP contribution in [-0.2, 0) is 4.79 Å². The first-order valence-corrected chi connectivity index (χ1v) is 6.58. The SMILES string of the molecule is CCC(C)c1ccccc1OCCCCC(=O)O. The van der Waals surface area contributed by atoms with E-state index in [4.69, 9.17) is 9.84 Å². The molecule has 0 aliphatic heterocycles. The Morgan fingerprint density at radius 3 is 2.72 bits per heavy atom. The number of ether oxygens (including phenoxy) is 1. The van der Waals surface area contributed by atoms with Crippen molar-refractivity contribution >= 4 is 5.97 Å². The van der Waals surface area contributed by atoms with Crippen LogP contribution < -0.4 is 4.74 Å². The Morgan fingerprint density at radius 1 is 1.33 bits per heavy atom. The summed E-state index contributed by atoms with van der Waals surface area (Å²) in [7, 11) is 0. The van der Waals surface area contributed by atoms with Crippen LogP contribution in [-0.4, -0.2) is 17.7 Å². The molecular weight excluding hydrogens is 228 g/mol. The molecule has 100 valence electrons. The molecule has 1 rings (SSSR count). The number of aliphatic carboxylic acids is 1. The molecule has 0 amide bonds. The maximum atomic E-state index is 10.4. The van der Waals surface area contributed by atoms with Crippen LogP contribution in [0.25, 0.3) is 0 Å². The van der Waals surface area contributed by atoms with Gasteiger partial charge in [0.05, 0.1) is 6.61 Å². The lowest BCUT2D eigenvalue weighted by Crippen LogP contribution is -2.03. The van der Waals surface area contributed by atoms with E-state index in [1.165, 1.54) is 5.56 Å². The van der Waals surface area contributed by atoms with Crippen LogP contribution in [0.1, 0.15) is 51.0 Å². The summed E-state index contributed by atoms with van der Waals surface area (Å²) in [5.74, 6) is 0.678. The average molecular weight is 250 g/mol. The van der Waals surface area contributed by atoms with Crippen molar-refractivity contribution in [2.75, 3.05) is 6.61 Å². The summed E-state index contributed by atoms with van der Waals surface area (Å²) in [4.78, 5) is 10.4. The second kappa shape index (κ2) is 7.75. The first-order chi connectivity index (χ1) is 8.65. The number of carbonyl (C=O) groups is 1. The van der Waals surface area contributed by atoms with Gasteiger partial charge >= 0.3 is 5.97 Å². The van der Waals surface area contributed by atoms with Gasteiger partial charge < -0.3 is 9.84 Å². The minimum Gasteiger partial charge on any atom is -0.493 e. The van der Waals surface area contributed by atoms with Gasteiger partial charge in [0.15, 0.2) is 0 Å². The highest BCUT2D eigenvalue weighted by Crippen LogP contribution is 2.28. The molecule has 0 heterocycles. The third-order valence-corrected chi connectivity index (χ3v) is 3.10. The van der Waals surface area contributed by atoms with E-state index in [0.29, 0.717) is 18.9 Å². The Labute approximate surface area is 109 Å². The van der Waals surface area contributed by atoms with E-state index in [1.807, 2.05) is 18.2 Å². The molecule has 1 atom stereocenters. The normalized spacial score (nSPS) is 12.1. The first kappa shape index (κ1) is 14.6. The molecule has 0 aromatic heterocycles. The highest BCUT2D eigenvalue weighted by Gasteiger charge is 2.09. The Morgan fingerprint density at radius 2 is 2.06 bits per heavy atom. The molecule has 0 saturated heterocycles. The van der Waals surface area contributed by atoms with Gasteiger partial charge in [0, 0.05) is 6.42 Å². The van der Waals surface area contributed by atoms with E-state index < -0.39 is 5.97 Å². The minimum atomic E-state index is -0.741. The van der Waals surface area contributed by atoms with Crippen molar-refractivity contribution in [2.45, 2.75) is 45.4 Å². The van der Waals surface area contributed by atoms with E-state index in [0.717, 1.165) is 18.6 Å². The average Bonchev–Trinajstić information content (AvgIpc) is 2.37. The largest absolute Gasteiger partial charge is 0.493 e. The van der Waals surface area contributed by atoms with Crippen molar-refractivity contribution in [1.82, 2.24) is 0 Å². The fraction of sp³-hybridized carbons (Fsp3) is 0.533. The lowest BCUT2D eigenvalue weighted by atomic mass is 9.98. The Kier molecular flexibility index (Phi) is 6.26. The molecule has 0 radical (unpaired) electrons. The summed E-state index contributed by atoms with van der Waals surface area (Å²) in [6.07, 6.45) is 2.75. The van der Waals surface area contributed by atoms with Gasteiger partial charge in [-0.2, -0.15) is 0 Å². The van der Waals surface area contributed by atoms with Crippen molar-refractivity contribution in [3.63, 3.8) is 0 Å². The predicted octanol–water partition coefficient (Wildman–Crippen LogP) is 3.83. The van der Waals surface area contributed by atoms with Gasteiger partial charge in [-0.15, -0.1) is 0 Å². The smallest absolute Gasteiger partial charge is 0.303 e. The number of carboxylic acid groups (broad SMARTS) is 1. The number of benzene rings is 1. The van der Waals surface area contributed by atoms with E-state index in [9.17, 15) is 4.79 Å². The van der Waals surface area contributed by atoms with Crippen LogP contribution in [0, 0.1) is 0 Å². The molecular formula is C15H22O3. The third-order valence-electron chi connectivity index (χ3n) is 3.10. The van der Waals surface area contributed by atoms with Crippen LogP contribution in [0.15, 0.2) is 24.3 Å². The molecule has 3 nitrogen and oxygen atoms in total. The van der Waals surface area contributed by atoms with Gasteiger partial charge in [-0.1, -0.05) is 32.0 Å². The quantitative estimate of drug-likeness (QED) is 0.713. The molecule has 0 spiro atoms. The van der Waals surface area contributed by atoms with E-state index >= 15 is 0 Å². The molecule has 3 heteroatoms. The van der Waals surface area contributed by atoms with Crippen LogP contribution in [0.4, 0.5) is 0 Å². The van der Waals surface area contributed by atoms with Crippen LogP contribution >= 0.6 is 0 Å². The topological polar surface area (TPSA) is 46.5 Å². The number of hydrogen-bond acceptors (Lipinski definition) is 2. The molecule has 0 saturated carbocycles. The highest BCUT2D eigenvalue weighted by molar-refractivity contribution is 5.66. The first-order valence-electron chi connectivity index (χ1n) is 6.58. The van der Waals surface area contributed by atoms with Gasteiger partial charge in [-0.3, -0.25) is 4.79 Å². The van der Waals surface area contributed by atoms with Crippen molar-refractivity contribution in [2.24, 2.45) is 0 Å². The van der Waals surface area contributed by atoms with E-state index in [1.54, 1.807) is 0 Å². The van der Waals surface area contributed by atoms with Gasteiger partial charge in [0.2, 0.25) is 0 Å². The molecule has 0 aliphatic rings. The molecule has 1 N–H and O–H groups in total. The fourth-order valence-corrected chi connectivity index (χ4v) is 1.80. The lowest BCUT2D eigenvalue weighted by Gasteiger charge is -2.15. The molecule has 0 bridgehead atoms. The summed E-state index contributed by atoms with van der Waals surface area (Å²) < 4.78 is 5.75. The minimum absolute atomic E-state index is 0.219. The van der Waals surface area contributed by atoms with E-state index in [-0.39, 0.29) is 6.42 Å². The lowest BCUT2D eigenvalue weighted by molar-refractivity contribution is -0.137. The Hall–Kier alpha value is -1.51. The van der Waals surface area contributed by atoms with Gasteiger partial charge in [0.25, 0.3) is 0 Å². The second-order valence-electron chi connectivity index (χ2n) is 4.55. The number of para-hydroxylation sites is 1. The van der Waals surface area contributed by atoms with Crippen LogP contribution in [0.2, 0.25) is 0 Å². The standard InChI is InChI=1S/C15H22O3/c1-3-12(2)13-8-4-5-9-14(13)18-11-7-6-10-15(16)17/h4-5,8-9,12H,3,6-7,10-11H2,1-2H3,(H,16,17). The Balaban J connectivity index is 2.44. The maximum absolute atomic E-state index is 10.4. The number of carboxylic acids is 1. The summed E-state index contributed by atoms with van der Waals surface area (Å²) >= 11 is 0. The summed E-state index contributed by atoms with van der Waals surface area (Å²) in [6, 6.07) is 8.08. The summed E-state index contributed by atoms with van der Waals surface area (Å²) in [5.41, 5.74) is 1.23. The third kappa shape index (κ3) is 4.78. The van der Waals surface area contributed by atoms with Crippen molar-refractivity contribution in [3.05, 3.63) is 29.8 Å². The summed E-state index contributed by atoms with van der Waals surface area (Å²) in [6.45, 7) is 4.93. The molecule has 1 unspecified atom stereocenters. The molecule has 18 heavy (non-hydrogen) atoms. The van der Waals surface area contributed by atoms with Crippen LogP contribution in [0.3, 0.4) is 0 Å². The molecule has 1 aromatic rings. The van der Waals surface area contributed by atoms with Crippen molar-refractivity contribution < 1.29 is 14.6 Å². The van der Waals surface area contributed by atoms with Gasteiger partial charge in [-0.05, 0) is 36.8 Å². The predicted molar refractivity (Wildman–Crippen MR) is 72.1 cm³/mol. The van der Waals surface area contributed by atoms with Crippen molar-refractivity contribution in [1.29, 1.82) is 0 Å². The molecule has 0 fully saturated rings. The number of unbranched alkanes of at least 4 members (excludes halogenated alkanes) is 1. The number of rotatable bonds is 8. The summed E-state index contributed by atoms with van der Waals surface area (Å²) in [5, 5.41) is 8.54. The maximum Gasteiger partial charge on any atom is 0.303 e. The van der Waals surface area contributed by atoms with Gasteiger partial charge in [0.1, 0.15) is 5.75 Å². The zero-order chi connectivity index (χ0) is 13.4. The van der Waals surface area contributed by atoms with Crippen molar-refractivity contribution in [3.8, 4) is 5.75 Å². The number of hydrogen-bond donors (Lipinski definition) is 1. The molecule has 0 aliphatic carbocycles.